The largest absolute Gasteiger partial charge is 0.508 e. The van der Waals surface area contributed by atoms with Gasteiger partial charge in [0.05, 0.1) is 0 Å². The molecule has 0 radical (unpaired) electrons. The van der Waals surface area contributed by atoms with E-state index in [-0.39, 0.29) is 0 Å². The van der Waals surface area contributed by atoms with Gasteiger partial charge in [-0.15, -0.1) is 0 Å². The average Bonchev–Trinajstić information content (AvgIpc) is 2.80. The fourth-order valence-corrected chi connectivity index (χ4v) is 4.12. The summed E-state index contributed by atoms with van der Waals surface area (Å²) in [5.41, 5.74) is 6.66. The van der Waals surface area contributed by atoms with Crippen molar-refractivity contribution >= 4 is 0 Å². The van der Waals surface area contributed by atoms with Crippen LogP contribution in [-0.2, 0) is 12.8 Å². The molecule has 4 aromatic carbocycles. The van der Waals surface area contributed by atoms with E-state index in [1.807, 2.05) is 12.1 Å². The summed E-state index contributed by atoms with van der Waals surface area (Å²) in [6, 6.07) is 38.2. The molecule has 150 valence electrons. The van der Waals surface area contributed by atoms with E-state index in [1.165, 1.54) is 27.8 Å². The van der Waals surface area contributed by atoms with Gasteiger partial charge in [0.15, 0.2) is 0 Å². The van der Waals surface area contributed by atoms with E-state index in [1.54, 1.807) is 12.1 Å². The Morgan fingerprint density at radius 1 is 0.533 bits per heavy atom. The summed E-state index contributed by atoms with van der Waals surface area (Å²) in [6.45, 7) is 2.24. The van der Waals surface area contributed by atoms with Crippen molar-refractivity contribution in [3.05, 3.63) is 137 Å². The first-order valence-electron chi connectivity index (χ1n) is 10.7. The molecule has 0 amide bonds. The highest BCUT2D eigenvalue weighted by Gasteiger charge is 2.15. The summed E-state index contributed by atoms with van der Waals surface area (Å²) in [4.78, 5) is 0. The van der Waals surface area contributed by atoms with Gasteiger partial charge in [0.2, 0.25) is 0 Å². The molecule has 1 heteroatoms. The fraction of sp³-hybridized carbons (Fsp3) is 0.172. The van der Waals surface area contributed by atoms with Crippen molar-refractivity contribution < 1.29 is 5.11 Å². The summed E-state index contributed by atoms with van der Waals surface area (Å²) >= 11 is 0. The second-order valence-corrected chi connectivity index (χ2v) is 8.09. The summed E-state index contributed by atoms with van der Waals surface area (Å²) in [5.74, 6) is 1.09. The quantitative estimate of drug-likeness (QED) is 0.355. The van der Waals surface area contributed by atoms with Crippen molar-refractivity contribution in [3.8, 4) is 5.75 Å². The maximum Gasteiger partial charge on any atom is 0.115 e. The molecule has 4 aromatic rings. The van der Waals surface area contributed by atoms with E-state index < -0.39 is 0 Å². The number of phenolic OH excluding ortho intramolecular Hbond substituents is 1. The number of aromatic hydroxyl groups is 1. The predicted molar refractivity (Wildman–Crippen MR) is 125 cm³/mol. The van der Waals surface area contributed by atoms with Crippen LogP contribution in [-0.4, -0.2) is 5.11 Å². The zero-order chi connectivity index (χ0) is 20.8. The molecule has 0 aliphatic carbocycles. The van der Waals surface area contributed by atoms with Gasteiger partial charge in [-0.2, -0.15) is 0 Å². The molecule has 0 saturated heterocycles. The Kier molecular flexibility index (Phi) is 6.29. The Morgan fingerprint density at radius 2 is 1.00 bits per heavy atom. The molecule has 1 atom stereocenters. The molecule has 0 aliphatic rings. The number of rotatable bonds is 7. The van der Waals surface area contributed by atoms with Crippen LogP contribution in [0.2, 0.25) is 0 Å². The SMILES string of the molecule is CC(Cc1ccc(CC(c2ccccc2)c2ccccc2)cc1)c1ccc(O)cc1. The number of phenols is 1. The van der Waals surface area contributed by atoms with Crippen LogP contribution in [0.1, 0.15) is 46.6 Å². The van der Waals surface area contributed by atoms with Gasteiger partial charge in [0.1, 0.15) is 5.75 Å². The van der Waals surface area contributed by atoms with Crippen LogP contribution < -0.4 is 0 Å². The van der Waals surface area contributed by atoms with E-state index in [9.17, 15) is 5.11 Å². The monoisotopic (exact) mass is 392 g/mol. The van der Waals surface area contributed by atoms with Crippen LogP contribution in [0.25, 0.3) is 0 Å². The van der Waals surface area contributed by atoms with Gasteiger partial charge in [-0.25, -0.2) is 0 Å². The molecule has 0 aromatic heterocycles. The third-order valence-electron chi connectivity index (χ3n) is 5.87. The number of benzene rings is 4. The van der Waals surface area contributed by atoms with Crippen molar-refractivity contribution in [1.29, 1.82) is 0 Å². The van der Waals surface area contributed by atoms with Gasteiger partial charge in [0, 0.05) is 5.92 Å². The molecule has 0 spiro atoms. The van der Waals surface area contributed by atoms with Crippen molar-refractivity contribution in [2.45, 2.75) is 31.6 Å². The van der Waals surface area contributed by atoms with Gasteiger partial charge in [-0.1, -0.05) is 104 Å². The zero-order valence-corrected chi connectivity index (χ0v) is 17.4. The number of hydrogen-bond acceptors (Lipinski definition) is 1. The van der Waals surface area contributed by atoms with Crippen LogP contribution in [0.15, 0.2) is 109 Å². The molecule has 1 nitrogen and oxygen atoms in total. The highest BCUT2D eigenvalue weighted by molar-refractivity contribution is 5.36. The Labute approximate surface area is 179 Å². The highest BCUT2D eigenvalue weighted by atomic mass is 16.3. The van der Waals surface area contributed by atoms with Crippen molar-refractivity contribution in [2.24, 2.45) is 0 Å². The standard InChI is InChI=1S/C29H28O/c1-22(25-16-18-28(30)19-17-25)20-23-12-14-24(15-13-23)21-29(26-8-4-2-5-9-26)27-10-6-3-7-11-27/h2-19,22,29-30H,20-21H2,1H3. The molecular formula is C29H28O. The lowest BCUT2D eigenvalue weighted by Crippen LogP contribution is -2.05. The molecule has 1 N–H and O–H groups in total. The summed E-state index contributed by atoms with van der Waals surface area (Å²) in [7, 11) is 0. The van der Waals surface area contributed by atoms with E-state index in [0.717, 1.165) is 12.8 Å². The van der Waals surface area contributed by atoms with Gasteiger partial charge in [-0.3, -0.25) is 0 Å². The van der Waals surface area contributed by atoms with Crippen LogP contribution in [0.5, 0.6) is 5.75 Å². The van der Waals surface area contributed by atoms with Crippen LogP contribution in [0.4, 0.5) is 0 Å². The van der Waals surface area contributed by atoms with Crippen molar-refractivity contribution in [2.75, 3.05) is 0 Å². The molecule has 4 rings (SSSR count). The second kappa shape index (κ2) is 9.45. The first-order valence-corrected chi connectivity index (χ1v) is 10.7. The first kappa shape index (κ1) is 20.0. The lowest BCUT2D eigenvalue weighted by molar-refractivity contribution is 0.475. The molecular weight excluding hydrogens is 364 g/mol. The molecule has 0 fully saturated rings. The van der Waals surface area contributed by atoms with E-state index >= 15 is 0 Å². The molecule has 0 heterocycles. The van der Waals surface area contributed by atoms with E-state index in [4.69, 9.17) is 0 Å². The normalized spacial score (nSPS) is 12.1. The minimum Gasteiger partial charge on any atom is -0.508 e. The van der Waals surface area contributed by atoms with Crippen LogP contribution in [0.3, 0.4) is 0 Å². The highest BCUT2D eigenvalue weighted by Crippen LogP contribution is 2.29. The van der Waals surface area contributed by atoms with Crippen molar-refractivity contribution in [1.82, 2.24) is 0 Å². The lowest BCUT2D eigenvalue weighted by atomic mass is 9.85. The first-order chi connectivity index (χ1) is 14.7. The third kappa shape index (κ3) is 4.99. The van der Waals surface area contributed by atoms with Gasteiger partial charge >= 0.3 is 0 Å². The third-order valence-corrected chi connectivity index (χ3v) is 5.87. The van der Waals surface area contributed by atoms with Crippen molar-refractivity contribution in [3.63, 3.8) is 0 Å². The van der Waals surface area contributed by atoms with Gasteiger partial charge < -0.3 is 5.11 Å². The zero-order valence-electron chi connectivity index (χ0n) is 17.4. The van der Waals surface area contributed by atoms with Crippen LogP contribution >= 0.6 is 0 Å². The Bertz CT molecular complexity index is 996. The molecule has 0 aliphatic heterocycles. The minimum atomic E-state index is 0.321. The molecule has 1 unspecified atom stereocenters. The predicted octanol–water partition coefficient (Wildman–Crippen LogP) is 7.11. The van der Waals surface area contributed by atoms with Gasteiger partial charge in [-0.05, 0) is 58.7 Å². The Balaban J connectivity index is 1.49. The van der Waals surface area contributed by atoms with Gasteiger partial charge in [0.25, 0.3) is 0 Å². The average molecular weight is 393 g/mol. The summed E-state index contributed by atoms with van der Waals surface area (Å²) < 4.78 is 0. The maximum atomic E-state index is 9.50. The van der Waals surface area contributed by atoms with Crippen LogP contribution in [0, 0.1) is 0 Å². The van der Waals surface area contributed by atoms with E-state index in [2.05, 4.69) is 91.9 Å². The minimum absolute atomic E-state index is 0.321. The summed E-state index contributed by atoms with van der Waals surface area (Å²) in [6.07, 6.45) is 1.98. The molecule has 0 bridgehead atoms. The number of hydrogen-bond donors (Lipinski definition) is 1. The maximum absolute atomic E-state index is 9.50. The smallest absolute Gasteiger partial charge is 0.115 e. The molecule has 30 heavy (non-hydrogen) atoms. The summed E-state index contributed by atoms with van der Waals surface area (Å²) in [5, 5.41) is 9.50. The second-order valence-electron chi connectivity index (χ2n) is 8.09. The Morgan fingerprint density at radius 3 is 1.50 bits per heavy atom. The lowest BCUT2D eigenvalue weighted by Gasteiger charge is -2.19. The molecule has 0 saturated carbocycles. The fourth-order valence-electron chi connectivity index (χ4n) is 4.12. The Hall–Kier alpha value is -3.32. The topological polar surface area (TPSA) is 20.2 Å². The van der Waals surface area contributed by atoms with E-state index in [0.29, 0.717) is 17.6 Å².